The van der Waals surface area contributed by atoms with Gasteiger partial charge in [-0.05, 0) is 30.2 Å². The Morgan fingerprint density at radius 1 is 1.05 bits per heavy atom. The van der Waals surface area contributed by atoms with E-state index in [-0.39, 0.29) is 17.5 Å². The molecule has 0 aliphatic carbocycles. The van der Waals surface area contributed by atoms with E-state index in [1.165, 1.54) is 18.2 Å². The van der Waals surface area contributed by atoms with Gasteiger partial charge in [-0.3, -0.25) is 4.79 Å². The van der Waals surface area contributed by atoms with Crippen LogP contribution >= 0.6 is 0 Å². The third-order valence-corrected chi connectivity index (χ3v) is 2.94. The van der Waals surface area contributed by atoms with Crippen LogP contribution in [-0.2, 0) is 11.2 Å². The Balaban J connectivity index is 2.36. The molecule has 0 saturated heterocycles. The molecule has 0 heterocycles. The molecule has 2 nitrogen and oxygen atoms in total. The zero-order valence-electron chi connectivity index (χ0n) is 10.3. The largest absolute Gasteiger partial charge is 0.481 e. The van der Waals surface area contributed by atoms with Crippen molar-refractivity contribution in [3.63, 3.8) is 0 Å². The van der Waals surface area contributed by atoms with Crippen molar-refractivity contribution in [2.24, 2.45) is 0 Å². The molecule has 1 N–H and O–H groups in total. The van der Waals surface area contributed by atoms with Crippen LogP contribution in [0.5, 0.6) is 0 Å². The molecule has 2 aromatic rings. The summed E-state index contributed by atoms with van der Waals surface area (Å²) >= 11 is 0. The molecule has 0 radical (unpaired) electrons. The van der Waals surface area contributed by atoms with Crippen molar-refractivity contribution >= 4 is 5.97 Å². The highest BCUT2D eigenvalue weighted by Gasteiger charge is 2.23. The fraction of sp³-hybridized carbons (Fsp3) is 0.133. The normalized spacial score (nSPS) is 12.2. The minimum Gasteiger partial charge on any atom is -0.481 e. The lowest BCUT2D eigenvalue weighted by atomic mass is 9.91. The van der Waals surface area contributed by atoms with Gasteiger partial charge in [0.05, 0.1) is 5.92 Å². The van der Waals surface area contributed by atoms with E-state index in [1.807, 2.05) is 0 Å². The fourth-order valence-electron chi connectivity index (χ4n) is 2.05. The lowest BCUT2D eigenvalue weighted by Gasteiger charge is -2.14. The third-order valence-electron chi connectivity index (χ3n) is 2.94. The maximum absolute atomic E-state index is 13.6. The van der Waals surface area contributed by atoms with Gasteiger partial charge in [0.2, 0.25) is 0 Å². The van der Waals surface area contributed by atoms with Crippen molar-refractivity contribution in [2.75, 3.05) is 0 Å². The highest BCUT2D eigenvalue weighted by atomic mass is 19.1. The molecule has 2 rings (SSSR count). The molecular formula is C15H11F3O2. The maximum atomic E-state index is 13.6. The molecule has 0 bridgehead atoms. The summed E-state index contributed by atoms with van der Waals surface area (Å²) in [5.41, 5.74) is 0.155. The summed E-state index contributed by atoms with van der Waals surface area (Å²) in [6.07, 6.45) is -0.190. The molecule has 5 heteroatoms. The summed E-state index contributed by atoms with van der Waals surface area (Å²) in [7, 11) is 0. The van der Waals surface area contributed by atoms with Crippen molar-refractivity contribution in [3.05, 3.63) is 71.0 Å². The average Bonchev–Trinajstić information content (AvgIpc) is 2.35. The quantitative estimate of drug-likeness (QED) is 0.930. The standard InChI is InChI=1S/C15H11F3O2/c16-10-5-9(6-11(17)8-10)7-13(15(19)20)12-3-1-2-4-14(12)18/h1-6,8,13H,7H2,(H,19,20). The molecule has 0 aromatic heterocycles. The summed E-state index contributed by atoms with van der Waals surface area (Å²) in [5.74, 6) is -4.69. The second-order valence-corrected chi connectivity index (χ2v) is 4.39. The zero-order valence-corrected chi connectivity index (χ0v) is 10.3. The van der Waals surface area contributed by atoms with E-state index < -0.39 is 29.3 Å². The smallest absolute Gasteiger partial charge is 0.311 e. The van der Waals surface area contributed by atoms with Crippen LogP contribution in [0, 0.1) is 17.5 Å². The number of benzene rings is 2. The third kappa shape index (κ3) is 3.17. The molecule has 104 valence electrons. The lowest BCUT2D eigenvalue weighted by Crippen LogP contribution is -2.16. The van der Waals surface area contributed by atoms with E-state index in [0.717, 1.165) is 18.2 Å². The minimum absolute atomic E-state index is 0.00957. The van der Waals surface area contributed by atoms with Gasteiger partial charge in [-0.2, -0.15) is 0 Å². The molecule has 0 spiro atoms. The Morgan fingerprint density at radius 3 is 2.20 bits per heavy atom. The van der Waals surface area contributed by atoms with Crippen LogP contribution in [0.15, 0.2) is 42.5 Å². The zero-order chi connectivity index (χ0) is 14.7. The second-order valence-electron chi connectivity index (χ2n) is 4.39. The van der Waals surface area contributed by atoms with Crippen LogP contribution in [0.4, 0.5) is 13.2 Å². The van der Waals surface area contributed by atoms with Crippen molar-refractivity contribution in [1.29, 1.82) is 0 Å². The Kier molecular flexibility index (Phi) is 4.08. The number of rotatable bonds is 4. The summed E-state index contributed by atoms with van der Waals surface area (Å²) in [4.78, 5) is 11.3. The number of carboxylic acids is 1. The highest BCUT2D eigenvalue weighted by Crippen LogP contribution is 2.24. The highest BCUT2D eigenvalue weighted by molar-refractivity contribution is 5.76. The van der Waals surface area contributed by atoms with Gasteiger partial charge in [0.25, 0.3) is 0 Å². The Labute approximate surface area is 113 Å². The molecular weight excluding hydrogens is 269 g/mol. The number of carbonyl (C=O) groups is 1. The molecule has 20 heavy (non-hydrogen) atoms. The van der Waals surface area contributed by atoms with Crippen LogP contribution in [-0.4, -0.2) is 11.1 Å². The van der Waals surface area contributed by atoms with Crippen molar-refractivity contribution < 1.29 is 23.1 Å². The first kappa shape index (κ1) is 14.1. The van der Waals surface area contributed by atoms with Crippen LogP contribution in [0.2, 0.25) is 0 Å². The molecule has 0 aliphatic heterocycles. The minimum atomic E-state index is -1.25. The van der Waals surface area contributed by atoms with Crippen molar-refractivity contribution in [3.8, 4) is 0 Å². The van der Waals surface area contributed by atoms with E-state index in [2.05, 4.69) is 0 Å². The first-order valence-corrected chi connectivity index (χ1v) is 5.89. The Morgan fingerprint density at radius 2 is 1.65 bits per heavy atom. The first-order chi connectivity index (χ1) is 9.47. The summed E-state index contributed by atoms with van der Waals surface area (Å²) in [6.45, 7) is 0. The van der Waals surface area contributed by atoms with Gasteiger partial charge in [-0.25, -0.2) is 13.2 Å². The molecule has 1 atom stereocenters. The number of carboxylic acid groups (broad SMARTS) is 1. The second kappa shape index (κ2) is 5.77. The van der Waals surface area contributed by atoms with E-state index in [4.69, 9.17) is 0 Å². The number of halogens is 3. The molecule has 0 fully saturated rings. The van der Waals surface area contributed by atoms with Gasteiger partial charge < -0.3 is 5.11 Å². The van der Waals surface area contributed by atoms with Gasteiger partial charge in [-0.1, -0.05) is 18.2 Å². The number of hydrogen-bond acceptors (Lipinski definition) is 1. The Bertz CT molecular complexity index is 621. The summed E-state index contributed by atoms with van der Waals surface area (Å²) in [6, 6.07) is 8.24. The van der Waals surface area contributed by atoms with E-state index in [1.54, 1.807) is 0 Å². The van der Waals surface area contributed by atoms with E-state index in [0.29, 0.717) is 6.07 Å². The molecule has 0 aliphatic rings. The predicted molar refractivity (Wildman–Crippen MR) is 66.8 cm³/mol. The van der Waals surface area contributed by atoms with Crippen molar-refractivity contribution in [2.45, 2.75) is 12.3 Å². The SMILES string of the molecule is O=C(O)C(Cc1cc(F)cc(F)c1)c1ccccc1F. The van der Waals surface area contributed by atoms with Gasteiger partial charge in [0, 0.05) is 11.6 Å². The van der Waals surface area contributed by atoms with Gasteiger partial charge in [-0.15, -0.1) is 0 Å². The van der Waals surface area contributed by atoms with Gasteiger partial charge >= 0.3 is 5.97 Å². The van der Waals surface area contributed by atoms with Crippen LogP contribution in [0.3, 0.4) is 0 Å². The average molecular weight is 280 g/mol. The van der Waals surface area contributed by atoms with E-state index in [9.17, 15) is 23.1 Å². The monoisotopic (exact) mass is 280 g/mol. The summed E-state index contributed by atoms with van der Waals surface area (Å²) < 4.78 is 39.8. The predicted octanol–water partition coefficient (Wildman–Crippen LogP) is 3.51. The first-order valence-electron chi connectivity index (χ1n) is 5.89. The van der Waals surface area contributed by atoms with Crippen LogP contribution in [0.1, 0.15) is 17.0 Å². The van der Waals surface area contributed by atoms with Crippen LogP contribution < -0.4 is 0 Å². The summed E-state index contributed by atoms with van der Waals surface area (Å²) in [5, 5.41) is 9.20. The lowest BCUT2D eigenvalue weighted by molar-refractivity contribution is -0.138. The Hall–Kier alpha value is -2.30. The van der Waals surface area contributed by atoms with Crippen molar-refractivity contribution in [1.82, 2.24) is 0 Å². The number of aliphatic carboxylic acids is 1. The molecule has 2 aromatic carbocycles. The fourth-order valence-corrected chi connectivity index (χ4v) is 2.05. The maximum Gasteiger partial charge on any atom is 0.311 e. The van der Waals surface area contributed by atoms with Crippen LogP contribution in [0.25, 0.3) is 0 Å². The molecule has 0 saturated carbocycles. The molecule has 1 unspecified atom stereocenters. The topological polar surface area (TPSA) is 37.3 Å². The van der Waals surface area contributed by atoms with E-state index >= 15 is 0 Å². The van der Waals surface area contributed by atoms with Gasteiger partial charge in [0.15, 0.2) is 0 Å². The molecule has 0 amide bonds. The van der Waals surface area contributed by atoms with Gasteiger partial charge in [0.1, 0.15) is 17.5 Å². The number of hydrogen-bond donors (Lipinski definition) is 1.